The fraction of sp³-hybridized carbons (Fsp3) is 0.500. The van der Waals surface area contributed by atoms with Gasteiger partial charge in [-0.05, 0) is 31.2 Å². The minimum absolute atomic E-state index is 0.0182. The number of nitrogens with zero attached hydrogens (tertiary/aromatic N) is 4. The fourth-order valence-electron chi connectivity index (χ4n) is 2.91. The molecule has 0 aliphatic carbocycles. The van der Waals surface area contributed by atoms with Gasteiger partial charge in [0, 0.05) is 29.6 Å². The Kier molecular flexibility index (Phi) is 5.51. The van der Waals surface area contributed by atoms with Crippen molar-refractivity contribution < 1.29 is 4.74 Å². The number of hydrogen-bond donors (Lipinski definition) is 0. The number of morpholine rings is 1. The molecule has 25 heavy (non-hydrogen) atoms. The van der Waals surface area contributed by atoms with Crippen LogP contribution in [0.3, 0.4) is 0 Å². The molecule has 1 aliphatic rings. The zero-order valence-electron chi connectivity index (χ0n) is 14.8. The topological polar surface area (TPSA) is 60.3 Å². The van der Waals surface area contributed by atoms with Gasteiger partial charge < -0.3 is 4.74 Å². The van der Waals surface area contributed by atoms with Crippen LogP contribution in [0.2, 0.25) is 5.02 Å². The van der Waals surface area contributed by atoms with E-state index in [1.165, 1.54) is 0 Å². The van der Waals surface area contributed by atoms with Crippen LogP contribution in [0.4, 0.5) is 0 Å². The molecule has 0 spiro atoms. The predicted molar refractivity (Wildman–Crippen MR) is 97.9 cm³/mol. The second kappa shape index (κ2) is 7.64. The van der Waals surface area contributed by atoms with Gasteiger partial charge in [0.05, 0.1) is 13.2 Å². The summed E-state index contributed by atoms with van der Waals surface area (Å²) < 4.78 is 6.96. The van der Waals surface area contributed by atoms with E-state index in [0.717, 1.165) is 18.7 Å². The minimum atomic E-state index is -0.150. The van der Waals surface area contributed by atoms with Gasteiger partial charge >= 0.3 is 0 Å². The van der Waals surface area contributed by atoms with Gasteiger partial charge in [-0.3, -0.25) is 9.69 Å². The monoisotopic (exact) mass is 362 g/mol. The maximum Gasteiger partial charge on any atom is 0.290 e. The van der Waals surface area contributed by atoms with Gasteiger partial charge in [-0.25, -0.2) is 9.67 Å². The van der Waals surface area contributed by atoms with Gasteiger partial charge in [-0.2, -0.15) is 0 Å². The number of halogens is 1. The SMILES string of the molecule is CC(C)c1nc(-c2ccc(Cl)cc2)nn(C(C)N2CCOCC2)c1=O. The predicted octanol–water partition coefficient (Wildman–Crippen LogP) is 2.93. The average molecular weight is 363 g/mol. The third-order valence-electron chi connectivity index (χ3n) is 4.43. The summed E-state index contributed by atoms with van der Waals surface area (Å²) in [6.45, 7) is 8.85. The van der Waals surface area contributed by atoms with E-state index in [2.05, 4.69) is 15.0 Å². The molecule has 0 bridgehead atoms. The quantitative estimate of drug-likeness (QED) is 0.836. The first kappa shape index (κ1) is 18.0. The van der Waals surface area contributed by atoms with Crippen LogP contribution in [-0.4, -0.2) is 46.0 Å². The Hall–Kier alpha value is -1.76. The van der Waals surface area contributed by atoms with Crippen LogP contribution in [0.25, 0.3) is 11.4 Å². The average Bonchev–Trinajstić information content (AvgIpc) is 2.62. The molecule has 1 fully saturated rings. The number of benzene rings is 1. The van der Waals surface area contributed by atoms with E-state index in [-0.39, 0.29) is 17.6 Å². The van der Waals surface area contributed by atoms with Gasteiger partial charge in [0.1, 0.15) is 11.9 Å². The molecule has 0 radical (unpaired) electrons. The molecule has 1 aromatic heterocycles. The summed E-state index contributed by atoms with van der Waals surface area (Å²) in [6, 6.07) is 7.35. The van der Waals surface area contributed by atoms with Crippen molar-refractivity contribution in [3.05, 3.63) is 45.3 Å². The lowest BCUT2D eigenvalue weighted by Gasteiger charge is -2.32. The number of aromatic nitrogens is 3. The van der Waals surface area contributed by atoms with Gasteiger partial charge in [0.2, 0.25) is 0 Å². The van der Waals surface area contributed by atoms with Crippen molar-refractivity contribution in [2.45, 2.75) is 32.9 Å². The van der Waals surface area contributed by atoms with E-state index < -0.39 is 0 Å². The Labute approximate surface area is 152 Å². The molecule has 2 heterocycles. The highest BCUT2D eigenvalue weighted by Crippen LogP contribution is 2.20. The van der Waals surface area contributed by atoms with Crippen LogP contribution in [0.1, 0.15) is 38.5 Å². The Balaban J connectivity index is 2.07. The molecule has 6 nitrogen and oxygen atoms in total. The molecule has 0 saturated carbocycles. The van der Waals surface area contributed by atoms with Crippen molar-refractivity contribution in [2.75, 3.05) is 26.3 Å². The molecule has 7 heteroatoms. The summed E-state index contributed by atoms with van der Waals surface area (Å²) in [4.78, 5) is 19.6. The first-order chi connectivity index (χ1) is 12.0. The minimum Gasteiger partial charge on any atom is -0.379 e. The number of hydrogen-bond acceptors (Lipinski definition) is 5. The Morgan fingerprint density at radius 2 is 1.76 bits per heavy atom. The molecule has 3 rings (SSSR count). The second-order valence-electron chi connectivity index (χ2n) is 6.51. The van der Waals surface area contributed by atoms with E-state index in [4.69, 9.17) is 16.3 Å². The van der Waals surface area contributed by atoms with E-state index in [1.807, 2.05) is 32.9 Å². The van der Waals surface area contributed by atoms with Crippen LogP contribution in [0.5, 0.6) is 0 Å². The molecule has 0 N–H and O–H groups in total. The third kappa shape index (κ3) is 3.92. The van der Waals surface area contributed by atoms with Crippen LogP contribution in [0.15, 0.2) is 29.1 Å². The van der Waals surface area contributed by atoms with Crippen molar-refractivity contribution in [3.63, 3.8) is 0 Å². The van der Waals surface area contributed by atoms with Crippen LogP contribution in [-0.2, 0) is 4.74 Å². The highest BCUT2D eigenvalue weighted by atomic mass is 35.5. The van der Waals surface area contributed by atoms with Crippen molar-refractivity contribution in [1.82, 2.24) is 19.7 Å². The molecule has 2 aromatic rings. The Morgan fingerprint density at radius 1 is 1.12 bits per heavy atom. The first-order valence-corrected chi connectivity index (χ1v) is 8.93. The van der Waals surface area contributed by atoms with Gasteiger partial charge in [-0.1, -0.05) is 25.4 Å². The lowest BCUT2D eigenvalue weighted by molar-refractivity contribution is -0.000994. The van der Waals surface area contributed by atoms with Gasteiger partial charge in [0.25, 0.3) is 5.56 Å². The van der Waals surface area contributed by atoms with Crippen molar-refractivity contribution in [3.8, 4) is 11.4 Å². The molecule has 1 atom stereocenters. The van der Waals surface area contributed by atoms with Gasteiger partial charge in [0.15, 0.2) is 5.82 Å². The first-order valence-electron chi connectivity index (χ1n) is 8.56. The zero-order chi connectivity index (χ0) is 18.0. The highest BCUT2D eigenvalue weighted by molar-refractivity contribution is 6.30. The zero-order valence-corrected chi connectivity index (χ0v) is 15.5. The van der Waals surface area contributed by atoms with Crippen LogP contribution >= 0.6 is 11.6 Å². The number of ether oxygens (including phenoxy) is 1. The van der Waals surface area contributed by atoms with Crippen LogP contribution < -0.4 is 5.56 Å². The molecule has 1 unspecified atom stereocenters. The summed E-state index contributed by atoms with van der Waals surface area (Å²) in [5.74, 6) is 0.560. The molecule has 134 valence electrons. The highest BCUT2D eigenvalue weighted by Gasteiger charge is 2.23. The molecule has 1 aliphatic heterocycles. The Morgan fingerprint density at radius 3 is 2.36 bits per heavy atom. The lowest BCUT2D eigenvalue weighted by Crippen LogP contribution is -2.44. The largest absolute Gasteiger partial charge is 0.379 e. The normalized spacial score (nSPS) is 17.0. The summed E-state index contributed by atoms with van der Waals surface area (Å²) >= 11 is 5.97. The standard InChI is InChI=1S/C18H23ClN4O2/c1-12(2)16-18(24)23(13(3)22-8-10-25-11-9-22)21-17(20-16)14-4-6-15(19)7-5-14/h4-7,12-13H,8-11H2,1-3H3. The Bertz CT molecular complexity index is 783. The summed E-state index contributed by atoms with van der Waals surface area (Å²) in [5, 5.41) is 5.21. The maximum atomic E-state index is 12.9. The summed E-state index contributed by atoms with van der Waals surface area (Å²) in [7, 11) is 0. The third-order valence-corrected chi connectivity index (χ3v) is 4.69. The fourth-order valence-corrected chi connectivity index (χ4v) is 3.03. The molecule has 0 amide bonds. The van der Waals surface area contributed by atoms with Crippen molar-refractivity contribution in [2.24, 2.45) is 0 Å². The van der Waals surface area contributed by atoms with E-state index >= 15 is 0 Å². The van der Waals surface area contributed by atoms with E-state index in [0.29, 0.717) is 29.8 Å². The molecule has 1 aromatic carbocycles. The summed E-state index contributed by atoms with van der Waals surface area (Å²) in [6.07, 6.45) is -0.150. The lowest BCUT2D eigenvalue weighted by atomic mass is 10.1. The van der Waals surface area contributed by atoms with Crippen molar-refractivity contribution >= 4 is 11.6 Å². The number of rotatable bonds is 4. The maximum absolute atomic E-state index is 12.9. The second-order valence-corrected chi connectivity index (χ2v) is 6.95. The van der Waals surface area contributed by atoms with Gasteiger partial charge in [-0.15, -0.1) is 5.10 Å². The van der Waals surface area contributed by atoms with E-state index in [1.54, 1.807) is 16.8 Å². The van der Waals surface area contributed by atoms with Crippen LogP contribution in [0, 0.1) is 0 Å². The smallest absolute Gasteiger partial charge is 0.290 e. The summed E-state index contributed by atoms with van der Waals surface area (Å²) in [5.41, 5.74) is 1.24. The van der Waals surface area contributed by atoms with E-state index in [9.17, 15) is 4.79 Å². The molecular weight excluding hydrogens is 340 g/mol. The molecular formula is C18H23ClN4O2. The van der Waals surface area contributed by atoms with Crippen molar-refractivity contribution in [1.29, 1.82) is 0 Å². The molecule has 1 saturated heterocycles.